The molecule has 0 unspecified atom stereocenters. The van der Waals surface area contributed by atoms with Crippen molar-refractivity contribution in [3.8, 4) is 11.3 Å². The zero-order chi connectivity index (χ0) is 8.39. The first-order chi connectivity index (χ1) is 5.88. The molecule has 0 aliphatic heterocycles. The van der Waals surface area contributed by atoms with Gasteiger partial charge in [-0.2, -0.15) is 0 Å². The highest BCUT2D eigenvalue weighted by atomic mass is 19.1. The molecule has 0 bridgehead atoms. The number of hydrogen-bond acceptors (Lipinski definition) is 2. The minimum atomic E-state index is -0.341. The third kappa shape index (κ3) is 1.07. The molecule has 0 atom stereocenters. The molecule has 0 saturated carbocycles. The zero-order valence-electron chi connectivity index (χ0n) is 6.08. The highest BCUT2D eigenvalue weighted by Crippen LogP contribution is 2.17. The van der Waals surface area contributed by atoms with E-state index in [2.05, 4.69) is 21.5 Å². The van der Waals surface area contributed by atoms with Crippen molar-refractivity contribution < 1.29 is 4.39 Å². The molecule has 4 heteroatoms. The van der Waals surface area contributed by atoms with Crippen molar-refractivity contribution in [2.75, 3.05) is 0 Å². The van der Waals surface area contributed by atoms with Gasteiger partial charge >= 0.3 is 0 Å². The summed E-state index contributed by atoms with van der Waals surface area (Å²) in [5.41, 5.74) is 0.805. The third-order valence-electron chi connectivity index (χ3n) is 1.48. The molecular weight excluding hydrogens is 157 g/mol. The molecule has 2 rings (SSSR count). The van der Waals surface area contributed by atoms with Crippen LogP contribution in [0, 0.1) is 11.9 Å². The van der Waals surface area contributed by atoms with Crippen LogP contribution in [0.1, 0.15) is 0 Å². The van der Waals surface area contributed by atoms with Gasteiger partial charge < -0.3 is 0 Å². The zero-order valence-corrected chi connectivity index (χ0v) is 6.08. The first-order valence-corrected chi connectivity index (χ1v) is 3.41. The van der Waals surface area contributed by atoms with Crippen LogP contribution in [0.25, 0.3) is 11.3 Å². The van der Waals surface area contributed by atoms with Gasteiger partial charge in [0.2, 0.25) is 0 Å². The molecule has 1 aromatic heterocycles. The van der Waals surface area contributed by atoms with Gasteiger partial charge in [-0.05, 0) is 12.1 Å². The normalized spacial score (nSPS) is 10.1. The van der Waals surface area contributed by atoms with E-state index in [1.807, 2.05) is 0 Å². The Labute approximate surface area is 68.2 Å². The third-order valence-corrected chi connectivity index (χ3v) is 1.48. The van der Waals surface area contributed by atoms with Crippen LogP contribution < -0.4 is 0 Å². The second kappa shape index (κ2) is 2.73. The first kappa shape index (κ1) is 6.97. The molecular formula is C8H5FN3. The topological polar surface area (TPSA) is 41.6 Å². The summed E-state index contributed by atoms with van der Waals surface area (Å²) in [6, 6.07) is 7.32. The molecule has 0 saturated heterocycles. The van der Waals surface area contributed by atoms with E-state index < -0.39 is 0 Å². The fourth-order valence-electron chi connectivity index (χ4n) is 0.936. The number of aromatic amines is 1. The molecule has 3 nitrogen and oxygen atoms in total. The van der Waals surface area contributed by atoms with E-state index in [0.29, 0.717) is 11.3 Å². The SMILES string of the molecule is Fc1ccc[c]c1-c1c[nH]nn1. The second-order valence-electron chi connectivity index (χ2n) is 2.25. The summed E-state index contributed by atoms with van der Waals surface area (Å²) in [6.07, 6.45) is 1.52. The van der Waals surface area contributed by atoms with Crippen molar-refractivity contribution >= 4 is 0 Å². The van der Waals surface area contributed by atoms with Crippen molar-refractivity contribution in [1.82, 2.24) is 15.4 Å². The van der Waals surface area contributed by atoms with Crippen LogP contribution in [0.2, 0.25) is 0 Å². The Morgan fingerprint density at radius 1 is 1.50 bits per heavy atom. The molecule has 0 aliphatic carbocycles. The van der Waals surface area contributed by atoms with Crippen molar-refractivity contribution in [3.63, 3.8) is 0 Å². The van der Waals surface area contributed by atoms with E-state index in [9.17, 15) is 4.39 Å². The molecule has 1 aromatic carbocycles. The number of halogens is 1. The number of nitrogens with zero attached hydrogens (tertiary/aromatic N) is 2. The Kier molecular flexibility index (Phi) is 1.59. The number of benzene rings is 1. The van der Waals surface area contributed by atoms with Gasteiger partial charge in [0.05, 0.1) is 6.20 Å². The fourth-order valence-corrected chi connectivity index (χ4v) is 0.936. The monoisotopic (exact) mass is 162 g/mol. The number of H-pyrrole nitrogens is 1. The maximum absolute atomic E-state index is 13.0. The first-order valence-electron chi connectivity index (χ1n) is 3.41. The van der Waals surface area contributed by atoms with Gasteiger partial charge in [-0.25, -0.2) is 4.39 Å². The second-order valence-corrected chi connectivity index (χ2v) is 2.25. The average molecular weight is 162 g/mol. The van der Waals surface area contributed by atoms with E-state index >= 15 is 0 Å². The lowest BCUT2D eigenvalue weighted by Crippen LogP contribution is -1.83. The Bertz CT molecular complexity index is 370. The molecule has 1 radical (unpaired) electrons. The van der Waals surface area contributed by atoms with E-state index in [0.717, 1.165) is 0 Å². The highest BCUT2D eigenvalue weighted by molar-refractivity contribution is 5.57. The number of hydrogen-bond donors (Lipinski definition) is 1. The standard InChI is InChI=1S/C8H5FN3/c9-7-4-2-1-3-6(7)8-5-10-12-11-8/h1-2,4-5H,(H,10,11,12). The van der Waals surface area contributed by atoms with Gasteiger partial charge in [-0.3, -0.25) is 5.10 Å². The van der Waals surface area contributed by atoms with E-state index in [4.69, 9.17) is 0 Å². The minimum Gasteiger partial charge on any atom is -0.265 e. The van der Waals surface area contributed by atoms with Gasteiger partial charge in [0, 0.05) is 5.56 Å². The Balaban J connectivity index is 2.55. The summed E-state index contributed by atoms with van der Waals surface area (Å²) in [6.45, 7) is 0. The number of aromatic nitrogens is 3. The molecule has 0 spiro atoms. The van der Waals surface area contributed by atoms with E-state index in [1.165, 1.54) is 12.3 Å². The van der Waals surface area contributed by atoms with Gasteiger partial charge in [-0.15, -0.1) is 5.10 Å². The van der Waals surface area contributed by atoms with Crippen LogP contribution in [-0.4, -0.2) is 15.4 Å². The molecule has 0 amide bonds. The molecule has 1 heterocycles. The van der Waals surface area contributed by atoms with Gasteiger partial charge in [-0.1, -0.05) is 17.3 Å². The van der Waals surface area contributed by atoms with Crippen LogP contribution in [0.4, 0.5) is 4.39 Å². The van der Waals surface area contributed by atoms with Crippen molar-refractivity contribution in [2.45, 2.75) is 0 Å². The average Bonchev–Trinajstić information content (AvgIpc) is 2.57. The molecule has 12 heavy (non-hydrogen) atoms. The van der Waals surface area contributed by atoms with Crippen LogP contribution in [-0.2, 0) is 0 Å². The molecule has 59 valence electrons. The lowest BCUT2D eigenvalue weighted by Gasteiger charge is -1.94. The summed E-state index contributed by atoms with van der Waals surface area (Å²) in [7, 11) is 0. The fraction of sp³-hybridized carbons (Fsp3) is 0. The van der Waals surface area contributed by atoms with Crippen LogP contribution in [0.5, 0.6) is 0 Å². The quantitative estimate of drug-likeness (QED) is 0.688. The van der Waals surface area contributed by atoms with E-state index in [-0.39, 0.29) is 5.82 Å². The van der Waals surface area contributed by atoms with Crippen molar-refractivity contribution in [2.24, 2.45) is 0 Å². The minimum absolute atomic E-state index is 0.339. The van der Waals surface area contributed by atoms with Crippen LogP contribution in [0.15, 0.2) is 24.4 Å². The maximum Gasteiger partial charge on any atom is 0.133 e. The summed E-state index contributed by atoms with van der Waals surface area (Å²) < 4.78 is 13.0. The molecule has 0 fully saturated rings. The summed E-state index contributed by atoms with van der Waals surface area (Å²) in [4.78, 5) is 0. The predicted octanol–water partition coefficient (Wildman–Crippen LogP) is 1.41. The summed E-state index contributed by atoms with van der Waals surface area (Å²) in [5.74, 6) is -0.341. The Morgan fingerprint density at radius 3 is 3.08 bits per heavy atom. The van der Waals surface area contributed by atoms with Crippen LogP contribution >= 0.6 is 0 Å². The molecule has 0 aliphatic rings. The lowest BCUT2D eigenvalue weighted by atomic mass is 10.1. The Morgan fingerprint density at radius 2 is 2.42 bits per heavy atom. The van der Waals surface area contributed by atoms with Crippen molar-refractivity contribution in [3.05, 3.63) is 36.3 Å². The van der Waals surface area contributed by atoms with Crippen LogP contribution in [0.3, 0.4) is 0 Å². The van der Waals surface area contributed by atoms with E-state index in [1.54, 1.807) is 12.1 Å². The van der Waals surface area contributed by atoms with Gasteiger partial charge in [0.15, 0.2) is 0 Å². The molecule has 2 aromatic rings. The lowest BCUT2D eigenvalue weighted by molar-refractivity contribution is 0.630. The Hall–Kier alpha value is -1.71. The van der Waals surface area contributed by atoms with Gasteiger partial charge in [0.25, 0.3) is 0 Å². The maximum atomic E-state index is 13.0. The summed E-state index contributed by atoms with van der Waals surface area (Å²) in [5, 5.41) is 9.66. The molecule has 1 N–H and O–H groups in total. The van der Waals surface area contributed by atoms with Gasteiger partial charge in [0.1, 0.15) is 11.5 Å². The smallest absolute Gasteiger partial charge is 0.133 e. The van der Waals surface area contributed by atoms with Crippen molar-refractivity contribution in [1.29, 1.82) is 0 Å². The highest BCUT2D eigenvalue weighted by Gasteiger charge is 2.05. The largest absolute Gasteiger partial charge is 0.265 e. The number of rotatable bonds is 1. The number of nitrogens with one attached hydrogen (secondary N) is 1. The predicted molar refractivity (Wildman–Crippen MR) is 40.6 cm³/mol. The summed E-state index contributed by atoms with van der Waals surface area (Å²) >= 11 is 0.